The molecule has 1 fully saturated rings. The Balaban J connectivity index is 0.00000220. The molecule has 0 spiro atoms. The summed E-state index contributed by atoms with van der Waals surface area (Å²) in [6, 6.07) is 7.79. The Morgan fingerprint density at radius 1 is 1.48 bits per heavy atom. The van der Waals surface area contributed by atoms with Crippen LogP contribution in [0.4, 0.5) is 5.69 Å². The Kier molecular flexibility index (Phi) is 8.04. The summed E-state index contributed by atoms with van der Waals surface area (Å²) in [6.45, 7) is 2.92. The van der Waals surface area contributed by atoms with Crippen molar-refractivity contribution >= 4 is 35.6 Å². The first-order valence-corrected chi connectivity index (χ1v) is 7.50. The molecule has 1 atom stereocenters. The average molecular weight is 332 g/mol. The van der Waals surface area contributed by atoms with Crippen molar-refractivity contribution in [3.05, 3.63) is 29.3 Å². The molecule has 1 aliphatic heterocycles. The third kappa shape index (κ3) is 6.22. The van der Waals surface area contributed by atoms with E-state index in [2.05, 4.69) is 15.5 Å². The van der Waals surface area contributed by atoms with E-state index in [4.69, 9.17) is 11.6 Å². The number of amides is 1. The fourth-order valence-electron chi connectivity index (χ4n) is 2.54. The average Bonchev–Trinajstić information content (AvgIpc) is 2.45. The van der Waals surface area contributed by atoms with Crippen LogP contribution in [0.25, 0.3) is 0 Å². The number of rotatable bonds is 5. The number of carbonyl (C=O) groups excluding carboxylic acids is 1. The first kappa shape index (κ1) is 18.2. The molecule has 0 aliphatic carbocycles. The number of hydrogen-bond donors (Lipinski definition) is 2. The lowest BCUT2D eigenvalue weighted by Gasteiger charge is -2.32. The maximum atomic E-state index is 11.9. The smallest absolute Gasteiger partial charge is 0.225 e. The van der Waals surface area contributed by atoms with Crippen molar-refractivity contribution in [2.45, 2.75) is 25.3 Å². The Morgan fingerprint density at radius 3 is 3.00 bits per heavy atom. The predicted molar refractivity (Wildman–Crippen MR) is 90.5 cm³/mol. The number of nitrogens with one attached hydrogen (secondary N) is 2. The molecule has 2 rings (SSSR count). The van der Waals surface area contributed by atoms with Crippen LogP contribution in [0.5, 0.6) is 0 Å². The zero-order valence-corrected chi connectivity index (χ0v) is 13.8. The standard InChI is InChI=1S/C15H22ClN3O.ClH/c1-17-14-6-3-8-19(11-14)9-7-15(20)18-13-5-2-4-12(16)10-13;/h2,4-5,10,14,17H,3,6-9,11H2,1H3,(H,18,20);1H. The first-order chi connectivity index (χ1) is 9.67. The maximum absolute atomic E-state index is 11.9. The molecular weight excluding hydrogens is 309 g/mol. The Hall–Kier alpha value is -0.810. The van der Waals surface area contributed by atoms with Crippen LogP contribution in [-0.2, 0) is 4.79 Å². The van der Waals surface area contributed by atoms with E-state index >= 15 is 0 Å². The number of hydrogen-bond acceptors (Lipinski definition) is 3. The highest BCUT2D eigenvalue weighted by Crippen LogP contribution is 2.15. The number of likely N-dealkylation sites (N-methyl/N-ethyl adjacent to an activating group) is 1. The fourth-order valence-corrected chi connectivity index (χ4v) is 2.73. The lowest BCUT2D eigenvalue weighted by molar-refractivity contribution is -0.116. The minimum atomic E-state index is 0. The second-order valence-corrected chi connectivity index (χ2v) is 5.67. The molecule has 6 heteroatoms. The lowest BCUT2D eigenvalue weighted by Crippen LogP contribution is -2.45. The monoisotopic (exact) mass is 331 g/mol. The van der Waals surface area contributed by atoms with E-state index in [0.717, 1.165) is 25.3 Å². The van der Waals surface area contributed by atoms with Crippen LogP contribution in [0.3, 0.4) is 0 Å². The van der Waals surface area contributed by atoms with E-state index in [0.29, 0.717) is 17.5 Å². The van der Waals surface area contributed by atoms with Crippen LogP contribution in [0.2, 0.25) is 5.02 Å². The van der Waals surface area contributed by atoms with Crippen molar-refractivity contribution in [3.8, 4) is 0 Å². The van der Waals surface area contributed by atoms with Crippen molar-refractivity contribution in [1.29, 1.82) is 0 Å². The molecule has 0 bridgehead atoms. The molecule has 1 aromatic carbocycles. The van der Waals surface area contributed by atoms with E-state index in [1.165, 1.54) is 12.8 Å². The van der Waals surface area contributed by atoms with Crippen molar-refractivity contribution in [3.63, 3.8) is 0 Å². The number of halogens is 2. The van der Waals surface area contributed by atoms with Gasteiger partial charge in [-0.1, -0.05) is 17.7 Å². The van der Waals surface area contributed by atoms with E-state index in [1.54, 1.807) is 12.1 Å². The van der Waals surface area contributed by atoms with Gasteiger partial charge in [0, 0.05) is 36.3 Å². The Morgan fingerprint density at radius 2 is 2.29 bits per heavy atom. The van der Waals surface area contributed by atoms with E-state index in [1.807, 2.05) is 19.2 Å². The molecular formula is C15H23Cl2N3O. The van der Waals surface area contributed by atoms with Crippen molar-refractivity contribution < 1.29 is 4.79 Å². The summed E-state index contributed by atoms with van der Waals surface area (Å²) in [5, 5.41) is 6.83. The number of benzene rings is 1. The van der Waals surface area contributed by atoms with Gasteiger partial charge in [0.1, 0.15) is 0 Å². The van der Waals surface area contributed by atoms with Gasteiger partial charge in [0.25, 0.3) is 0 Å². The molecule has 0 radical (unpaired) electrons. The Bertz CT molecular complexity index is 456. The van der Waals surface area contributed by atoms with Gasteiger partial charge in [-0.2, -0.15) is 0 Å². The fraction of sp³-hybridized carbons (Fsp3) is 0.533. The van der Waals surface area contributed by atoms with Crippen LogP contribution < -0.4 is 10.6 Å². The maximum Gasteiger partial charge on any atom is 0.225 e. The molecule has 1 heterocycles. The minimum absolute atomic E-state index is 0. The predicted octanol–water partition coefficient (Wildman–Crippen LogP) is 2.77. The summed E-state index contributed by atoms with van der Waals surface area (Å²) in [5.74, 6) is 0.0406. The summed E-state index contributed by atoms with van der Waals surface area (Å²) in [5.41, 5.74) is 0.759. The van der Waals surface area contributed by atoms with Gasteiger partial charge in [-0.05, 0) is 44.6 Å². The zero-order chi connectivity index (χ0) is 14.4. The molecule has 21 heavy (non-hydrogen) atoms. The van der Waals surface area contributed by atoms with Crippen molar-refractivity contribution in [2.75, 3.05) is 32.0 Å². The quantitative estimate of drug-likeness (QED) is 0.871. The van der Waals surface area contributed by atoms with E-state index < -0.39 is 0 Å². The Labute approximate surface area is 137 Å². The third-order valence-corrected chi connectivity index (χ3v) is 3.91. The zero-order valence-electron chi connectivity index (χ0n) is 12.3. The van der Waals surface area contributed by atoms with Crippen LogP contribution >= 0.6 is 24.0 Å². The van der Waals surface area contributed by atoms with Crippen molar-refractivity contribution in [1.82, 2.24) is 10.2 Å². The highest BCUT2D eigenvalue weighted by atomic mass is 35.5. The van der Waals surface area contributed by atoms with E-state index in [9.17, 15) is 4.79 Å². The summed E-state index contributed by atoms with van der Waals surface area (Å²) < 4.78 is 0. The second-order valence-electron chi connectivity index (χ2n) is 5.24. The van der Waals surface area contributed by atoms with Crippen molar-refractivity contribution in [2.24, 2.45) is 0 Å². The van der Waals surface area contributed by atoms with Crippen LogP contribution in [-0.4, -0.2) is 43.5 Å². The van der Waals surface area contributed by atoms with Gasteiger partial charge >= 0.3 is 0 Å². The molecule has 0 saturated carbocycles. The molecule has 118 valence electrons. The number of piperidine rings is 1. The summed E-state index contributed by atoms with van der Waals surface area (Å²) >= 11 is 5.89. The number of carbonyl (C=O) groups is 1. The normalized spacial score (nSPS) is 18.9. The number of likely N-dealkylation sites (tertiary alicyclic amines) is 1. The topological polar surface area (TPSA) is 44.4 Å². The molecule has 1 saturated heterocycles. The van der Waals surface area contributed by atoms with Gasteiger partial charge in [-0.15, -0.1) is 12.4 Å². The molecule has 4 nitrogen and oxygen atoms in total. The molecule has 1 amide bonds. The lowest BCUT2D eigenvalue weighted by atomic mass is 10.1. The molecule has 1 unspecified atom stereocenters. The molecule has 2 N–H and O–H groups in total. The van der Waals surface area contributed by atoms with Gasteiger partial charge in [-0.3, -0.25) is 4.79 Å². The minimum Gasteiger partial charge on any atom is -0.326 e. The summed E-state index contributed by atoms with van der Waals surface area (Å²) in [7, 11) is 2.00. The van der Waals surface area contributed by atoms with Crippen LogP contribution in [0.1, 0.15) is 19.3 Å². The SMILES string of the molecule is CNC1CCCN(CCC(=O)Nc2cccc(Cl)c2)C1.Cl. The largest absolute Gasteiger partial charge is 0.326 e. The van der Waals surface area contributed by atoms with Gasteiger partial charge in [0.2, 0.25) is 5.91 Å². The van der Waals surface area contributed by atoms with Gasteiger partial charge in [-0.25, -0.2) is 0 Å². The number of nitrogens with zero attached hydrogens (tertiary/aromatic N) is 1. The van der Waals surface area contributed by atoms with Crippen LogP contribution in [0, 0.1) is 0 Å². The number of anilines is 1. The molecule has 1 aromatic rings. The van der Waals surface area contributed by atoms with Gasteiger partial charge in [0.05, 0.1) is 0 Å². The summed E-state index contributed by atoms with van der Waals surface area (Å²) in [4.78, 5) is 14.3. The van der Waals surface area contributed by atoms with Crippen LogP contribution in [0.15, 0.2) is 24.3 Å². The van der Waals surface area contributed by atoms with Gasteiger partial charge in [0.15, 0.2) is 0 Å². The van der Waals surface area contributed by atoms with Gasteiger partial charge < -0.3 is 15.5 Å². The highest BCUT2D eigenvalue weighted by Gasteiger charge is 2.18. The second kappa shape index (κ2) is 9.26. The van der Waals surface area contributed by atoms with E-state index in [-0.39, 0.29) is 18.3 Å². The third-order valence-electron chi connectivity index (χ3n) is 3.68. The molecule has 1 aliphatic rings. The molecule has 0 aromatic heterocycles. The first-order valence-electron chi connectivity index (χ1n) is 7.12. The summed E-state index contributed by atoms with van der Waals surface area (Å²) in [6.07, 6.45) is 2.94. The highest BCUT2D eigenvalue weighted by molar-refractivity contribution is 6.30.